The first-order chi connectivity index (χ1) is 11.6. The Morgan fingerprint density at radius 2 is 1.62 bits per heavy atom. The van der Waals surface area contributed by atoms with Crippen molar-refractivity contribution in [2.75, 3.05) is 18.4 Å². The molecule has 1 saturated heterocycles. The van der Waals surface area contributed by atoms with Crippen molar-refractivity contribution < 1.29 is 14.0 Å². The molecule has 1 aromatic heterocycles. The van der Waals surface area contributed by atoms with E-state index < -0.39 is 5.91 Å². The maximum absolute atomic E-state index is 12.9. The highest BCUT2D eigenvalue weighted by atomic mass is 32.1. The number of rotatable bonds is 3. The third kappa shape index (κ3) is 3.94. The SMILES string of the molecule is O=C(Nc1ccc(F)cc1)c1nnc(C(=O)N2CCCCCC2)s1. The van der Waals surface area contributed by atoms with Crippen LogP contribution in [0.3, 0.4) is 0 Å². The van der Waals surface area contributed by atoms with E-state index in [2.05, 4.69) is 15.5 Å². The van der Waals surface area contributed by atoms with E-state index in [1.54, 1.807) is 4.90 Å². The number of anilines is 1. The molecule has 0 bridgehead atoms. The number of nitrogens with one attached hydrogen (secondary N) is 1. The van der Waals surface area contributed by atoms with Gasteiger partial charge < -0.3 is 10.2 Å². The lowest BCUT2D eigenvalue weighted by Crippen LogP contribution is -2.31. The second kappa shape index (κ2) is 7.48. The molecule has 1 fully saturated rings. The van der Waals surface area contributed by atoms with Gasteiger partial charge in [0.15, 0.2) is 0 Å². The largest absolute Gasteiger partial charge is 0.337 e. The van der Waals surface area contributed by atoms with Crippen LogP contribution >= 0.6 is 11.3 Å². The summed E-state index contributed by atoms with van der Waals surface area (Å²) in [6.07, 6.45) is 4.24. The van der Waals surface area contributed by atoms with Crippen molar-refractivity contribution in [1.82, 2.24) is 15.1 Å². The predicted octanol–water partition coefficient (Wildman–Crippen LogP) is 2.95. The van der Waals surface area contributed by atoms with Gasteiger partial charge in [-0.2, -0.15) is 0 Å². The van der Waals surface area contributed by atoms with E-state index in [-0.39, 0.29) is 21.7 Å². The molecule has 0 atom stereocenters. The smallest absolute Gasteiger partial charge is 0.286 e. The predicted molar refractivity (Wildman–Crippen MR) is 88.6 cm³/mol. The number of aromatic nitrogens is 2. The minimum Gasteiger partial charge on any atom is -0.337 e. The number of hydrogen-bond acceptors (Lipinski definition) is 5. The highest BCUT2D eigenvalue weighted by Crippen LogP contribution is 2.18. The molecule has 2 amide bonds. The van der Waals surface area contributed by atoms with Crippen LogP contribution in [-0.4, -0.2) is 40.0 Å². The molecule has 2 aromatic rings. The van der Waals surface area contributed by atoms with Gasteiger partial charge >= 0.3 is 0 Å². The van der Waals surface area contributed by atoms with Gasteiger partial charge in [-0.3, -0.25) is 9.59 Å². The maximum atomic E-state index is 12.9. The van der Waals surface area contributed by atoms with Gasteiger partial charge in [-0.15, -0.1) is 10.2 Å². The summed E-state index contributed by atoms with van der Waals surface area (Å²) in [5, 5.41) is 10.6. The Morgan fingerprint density at radius 1 is 1.00 bits per heavy atom. The molecule has 2 heterocycles. The standard InChI is InChI=1S/C16H17FN4O2S/c17-11-5-7-12(8-6-11)18-13(22)14-19-20-15(24-14)16(23)21-9-3-1-2-4-10-21/h5-8H,1-4,9-10H2,(H,18,22). The van der Waals surface area contributed by atoms with Crippen LogP contribution in [0.1, 0.15) is 45.3 Å². The summed E-state index contributed by atoms with van der Waals surface area (Å²) < 4.78 is 12.9. The second-order valence-corrected chi connectivity index (χ2v) is 6.56. The molecule has 1 aliphatic rings. The van der Waals surface area contributed by atoms with Crippen molar-refractivity contribution in [2.24, 2.45) is 0 Å². The van der Waals surface area contributed by atoms with Gasteiger partial charge in [0, 0.05) is 18.8 Å². The Hall–Kier alpha value is -2.35. The third-order valence-corrected chi connectivity index (χ3v) is 4.71. The Kier molecular flexibility index (Phi) is 5.14. The van der Waals surface area contributed by atoms with E-state index >= 15 is 0 Å². The summed E-state index contributed by atoms with van der Waals surface area (Å²) in [5.41, 5.74) is 0.456. The summed E-state index contributed by atoms with van der Waals surface area (Å²) in [6, 6.07) is 5.42. The number of carbonyl (C=O) groups excluding carboxylic acids is 2. The third-order valence-electron chi connectivity index (χ3n) is 3.80. The molecule has 6 nitrogen and oxygen atoms in total. The number of nitrogens with zero attached hydrogens (tertiary/aromatic N) is 3. The van der Waals surface area contributed by atoms with E-state index in [0.717, 1.165) is 50.1 Å². The van der Waals surface area contributed by atoms with E-state index in [1.165, 1.54) is 24.3 Å². The minimum atomic E-state index is -0.464. The van der Waals surface area contributed by atoms with Crippen molar-refractivity contribution in [2.45, 2.75) is 25.7 Å². The molecule has 0 saturated carbocycles. The number of benzene rings is 1. The topological polar surface area (TPSA) is 75.2 Å². The first-order valence-corrected chi connectivity index (χ1v) is 8.65. The van der Waals surface area contributed by atoms with Crippen LogP contribution in [0.25, 0.3) is 0 Å². The van der Waals surface area contributed by atoms with Crippen molar-refractivity contribution in [3.8, 4) is 0 Å². The van der Waals surface area contributed by atoms with Crippen LogP contribution in [-0.2, 0) is 0 Å². The zero-order valence-corrected chi connectivity index (χ0v) is 13.8. The van der Waals surface area contributed by atoms with E-state index in [0.29, 0.717) is 5.69 Å². The van der Waals surface area contributed by atoms with Gasteiger partial charge in [-0.25, -0.2) is 4.39 Å². The van der Waals surface area contributed by atoms with Gasteiger partial charge in [0.2, 0.25) is 10.0 Å². The van der Waals surface area contributed by atoms with Crippen LogP contribution in [0.5, 0.6) is 0 Å². The molecule has 0 spiro atoms. The molecule has 1 aliphatic heterocycles. The van der Waals surface area contributed by atoms with E-state index in [9.17, 15) is 14.0 Å². The normalized spacial score (nSPS) is 15.0. The van der Waals surface area contributed by atoms with E-state index in [4.69, 9.17) is 0 Å². The van der Waals surface area contributed by atoms with Gasteiger partial charge in [-0.1, -0.05) is 24.2 Å². The fourth-order valence-corrected chi connectivity index (χ4v) is 3.23. The Morgan fingerprint density at radius 3 is 2.29 bits per heavy atom. The fraction of sp³-hybridized carbons (Fsp3) is 0.375. The van der Waals surface area contributed by atoms with Gasteiger partial charge in [0.25, 0.3) is 11.8 Å². The monoisotopic (exact) mass is 348 g/mol. The lowest BCUT2D eigenvalue weighted by atomic mass is 10.2. The molecule has 8 heteroatoms. The summed E-state index contributed by atoms with van der Waals surface area (Å²) in [4.78, 5) is 26.4. The number of hydrogen-bond donors (Lipinski definition) is 1. The quantitative estimate of drug-likeness (QED) is 0.925. The first kappa shape index (κ1) is 16.5. The number of carbonyl (C=O) groups is 2. The maximum Gasteiger partial charge on any atom is 0.286 e. The molecule has 0 aliphatic carbocycles. The molecule has 0 radical (unpaired) electrons. The number of likely N-dealkylation sites (tertiary alicyclic amines) is 1. The zero-order valence-electron chi connectivity index (χ0n) is 13.0. The molecular formula is C16H17FN4O2S. The Bertz CT molecular complexity index is 724. The minimum absolute atomic E-state index is 0.109. The lowest BCUT2D eigenvalue weighted by Gasteiger charge is -2.18. The molecule has 1 N–H and O–H groups in total. The van der Waals surface area contributed by atoms with Gasteiger partial charge in [-0.05, 0) is 37.1 Å². The average molecular weight is 348 g/mol. The summed E-state index contributed by atoms with van der Waals surface area (Å²) in [7, 11) is 0. The average Bonchev–Trinajstić information content (AvgIpc) is 2.92. The van der Waals surface area contributed by atoms with Crippen LogP contribution < -0.4 is 5.32 Å². The summed E-state index contributed by atoms with van der Waals surface area (Å²) in [6.45, 7) is 1.44. The summed E-state index contributed by atoms with van der Waals surface area (Å²) >= 11 is 0.972. The Labute approximate surface area is 142 Å². The highest BCUT2D eigenvalue weighted by molar-refractivity contribution is 7.15. The summed E-state index contributed by atoms with van der Waals surface area (Å²) in [5.74, 6) is -1.02. The van der Waals surface area contributed by atoms with Crippen LogP contribution in [0, 0.1) is 5.82 Å². The Balaban J connectivity index is 1.66. The van der Waals surface area contributed by atoms with E-state index in [1.807, 2.05) is 0 Å². The first-order valence-electron chi connectivity index (χ1n) is 7.83. The van der Waals surface area contributed by atoms with Crippen molar-refractivity contribution in [3.05, 3.63) is 40.1 Å². The number of halogens is 1. The molecule has 3 rings (SSSR count). The molecular weight excluding hydrogens is 331 g/mol. The molecule has 24 heavy (non-hydrogen) atoms. The highest BCUT2D eigenvalue weighted by Gasteiger charge is 2.23. The zero-order chi connectivity index (χ0) is 16.9. The van der Waals surface area contributed by atoms with Gasteiger partial charge in [0.05, 0.1) is 0 Å². The molecule has 126 valence electrons. The van der Waals surface area contributed by atoms with Crippen LogP contribution in [0.2, 0.25) is 0 Å². The van der Waals surface area contributed by atoms with Crippen LogP contribution in [0.15, 0.2) is 24.3 Å². The van der Waals surface area contributed by atoms with Crippen molar-refractivity contribution in [1.29, 1.82) is 0 Å². The van der Waals surface area contributed by atoms with Crippen molar-refractivity contribution >= 4 is 28.8 Å². The number of amides is 2. The van der Waals surface area contributed by atoms with Crippen molar-refractivity contribution in [3.63, 3.8) is 0 Å². The van der Waals surface area contributed by atoms with Crippen LogP contribution in [0.4, 0.5) is 10.1 Å². The van der Waals surface area contributed by atoms with Gasteiger partial charge in [0.1, 0.15) is 5.82 Å². The second-order valence-electron chi connectivity index (χ2n) is 5.58. The fourth-order valence-electron chi connectivity index (χ4n) is 2.53. The molecule has 1 aromatic carbocycles. The molecule has 0 unspecified atom stereocenters. The lowest BCUT2D eigenvalue weighted by molar-refractivity contribution is 0.0760.